The van der Waals surface area contributed by atoms with Crippen molar-refractivity contribution >= 4 is 16.9 Å². The first-order valence-corrected chi connectivity index (χ1v) is 12.9. The molecule has 3 aromatic rings. The van der Waals surface area contributed by atoms with Crippen molar-refractivity contribution in [3.63, 3.8) is 0 Å². The highest BCUT2D eigenvalue weighted by atomic mass is 19.1. The number of rotatable bonds is 8. The molecule has 0 saturated carbocycles. The predicted molar refractivity (Wildman–Crippen MR) is 142 cm³/mol. The Bertz CT molecular complexity index is 1260. The summed E-state index contributed by atoms with van der Waals surface area (Å²) < 4.78 is 32.5. The topological polar surface area (TPSA) is 81.6 Å². The van der Waals surface area contributed by atoms with Crippen molar-refractivity contribution in [2.75, 3.05) is 51.0 Å². The van der Waals surface area contributed by atoms with Crippen molar-refractivity contribution in [3.8, 4) is 23.0 Å². The van der Waals surface area contributed by atoms with Gasteiger partial charge in [0.2, 0.25) is 0 Å². The first kappa shape index (κ1) is 25.4. The zero-order chi connectivity index (χ0) is 25.8. The first-order valence-electron chi connectivity index (χ1n) is 12.9. The molecule has 1 atom stereocenters. The molecule has 8 nitrogen and oxygen atoms in total. The molecule has 2 aromatic heterocycles. The van der Waals surface area contributed by atoms with E-state index in [9.17, 15) is 0 Å². The molecule has 2 aliphatic rings. The van der Waals surface area contributed by atoms with Gasteiger partial charge >= 0.3 is 6.01 Å². The van der Waals surface area contributed by atoms with E-state index in [4.69, 9.17) is 29.2 Å². The van der Waals surface area contributed by atoms with Gasteiger partial charge in [-0.2, -0.15) is 9.97 Å². The van der Waals surface area contributed by atoms with E-state index >= 15 is 4.39 Å². The van der Waals surface area contributed by atoms with Crippen molar-refractivity contribution < 1.29 is 18.6 Å². The number of piperazine rings is 1. The third-order valence-electron chi connectivity index (χ3n) is 6.97. The zero-order valence-electron chi connectivity index (χ0n) is 21.5. The summed E-state index contributed by atoms with van der Waals surface area (Å²) in [5, 5.41) is 4.25. The maximum Gasteiger partial charge on any atom is 0.320 e. The van der Waals surface area contributed by atoms with Crippen LogP contribution in [0.3, 0.4) is 0 Å². The fourth-order valence-corrected chi connectivity index (χ4v) is 4.92. The molecule has 2 fully saturated rings. The number of nitrogens with one attached hydrogen (secondary N) is 1. The number of nitrogens with zero attached hydrogens (tertiary/aromatic N) is 4. The number of aryl methyl sites for hydroxylation is 1. The van der Waals surface area contributed by atoms with E-state index in [1.54, 1.807) is 18.2 Å². The second-order valence-electron chi connectivity index (χ2n) is 9.68. The van der Waals surface area contributed by atoms with Gasteiger partial charge in [-0.05, 0) is 56.4 Å². The van der Waals surface area contributed by atoms with Crippen LogP contribution in [0.15, 0.2) is 36.9 Å². The van der Waals surface area contributed by atoms with Crippen molar-refractivity contribution in [2.24, 2.45) is 5.92 Å². The largest absolute Gasteiger partial charge is 0.489 e. The molecule has 9 heteroatoms. The molecule has 0 aliphatic carbocycles. The molecular weight excluding hydrogens is 473 g/mol. The molecule has 196 valence electrons. The Hall–Kier alpha value is -3.30. The summed E-state index contributed by atoms with van der Waals surface area (Å²) in [5.41, 5.74) is 2.07. The van der Waals surface area contributed by atoms with Crippen molar-refractivity contribution in [1.82, 2.24) is 20.3 Å². The van der Waals surface area contributed by atoms with Gasteiger partial charge < -0.3 is 24.4 Å². The molecule has 1 N–H and O–H groups in total. The molecular formula is C28H34FN5O3. The Labute approximate surface area is 216 Å². The molecule has 1 aromatic carbocycles. The summed E-state index contributed by atoms with van der Waals surface area (Å²) in [6.45, 7) is 12.6. The van der Waals surface area contributed by atoms with Crippen LogP contribution in [0.1, 0.15) is 25.3 Å². The van der Waals surface area contributed by atoms with Gasteiger partial charge in [-0.1, -0.05) is 18.7 Å². The van der Waals surface area contributed by atoms with Crippen LogP contribution in [0.2, 0.25) is 0 Å². The summed E-state index contributed by atoms with van der Waals surface area (Å²) in [6.07, 6.45) is 3.54. The number of aromatic nitrogens is 3. The van der Waals surface area contributed by atoms with Gasteiger partial charge in [0, 0.05) is 38.9 Å². The lowest BCUT2D eigenvalue weighted by Crippen LogP contribution is -2.50. The average Bonchev–Trinajstić information content (AvgIpc) is 2.91. The Kier molecular flexibility index (Phi) is 7.81. The van der Waals surface area contributed by atoms with Crippen LogP contribution in [-0.4, -0.2) is 67.1 Å². The summed E-state index contributed by atoms with van der Waals surface area (Å²) in [5.74, 6) is 1.20. The fourth-order valence-electron chi connectivity index (χ4n) is 4.92. The van der Waals surface area contributed by atoms with E-state index in [2.05, 4.69) is 23.7 Å². The lowest BCUT2D eigenvalue weighted by molar-refractivity contribution is 0.0483. The second-order valence-corrected chi connectivity index (χ2v) is 9.68. The second kappa shape index (κ2) is 11.4. The number of pyridine rings is 1. The molecule has 0 unspecified atom stereocenters. The number of fused-ring (bicyclic) bond motifs is 1. The van der Waals surface area contributed by atoms with Crippen LogP contribution in [0.5, 0.6) is 11.8 Å². The molecule has 0 amide bonds. The van der Waals surface area contributed by atoms with Crippen LogP contribution in [0, 0.1) is 18.7 Å². The Morgan fingerprint density at radius 3 is 2.84 bits per heavy atom. The Balaban J connectivity index is 1.60. The monoisotopic (exact) mass is 507 g/mol. The average molecular weight is 508 g/mol. The molecule has 4 heterocycles. The first-order chi connectivity index (χ1) is 18.0. The number of halogens is 1. The molecule has 0 radical (unpaired) electrons. The summed E-state index contributed by atoms with van der Waals surface area (Å²) >= 11 is 0. The van der Waals surface area contributed by atoms with Crippen LogP contribution in [0.25, 0.3) is 22.3 Å². The van der Waals surface area contributed by atoms with Gasteiger partial charge in [-0.15, -0.1) is 0 Å². The van der Waals surface area contributed by atoms with Crippen molar-refractivity contribution in [1.29, 1.82) is 0 Å². The lowest BCUT2D eigenvalue weighted by Gasteiger charge is -2.35. The molecule has 0 bridgehead atoms. The smallest absolute Gasteiger partial charge is 0.320 e. The number of ether oxygens (including phenoxy) is 3. The minimum Gasteiger partial charge on any atom is -0.489 e. The third kappa shape index (κ3) is 5.52. The maximum atomic E-state index is 15.1. The van der Waals surface area contributed by atoms with Crippen molar-refractivity contribution in [3.05, 3.63) is 48.3 Å². The van der Waals surface area contributed by atoms with Crippen LogP contribution < -0.4 is 19.7 Å². The third-order valence-corrected chi connectivity index (χ3v) is 6.97. The van der Waals surface area contributed by atoms with Gasteiger partial charge in [0.05, 0.1) is 23.3 Å². The van der Waals surface area contributed by atoms with E-state index in [0.29, 0.717) is 41.2 Å². The predicted octanol–water partition coefficient (Wildman–Crippen LogP) is 4.31. The van der Waals surface area contributed by atoms with E-state index < -0.39 is 5.82 Å². The van der Waals surface area contributed by atoms with E-state index in [-0.39, 0.29) is 12.6 Å². The summed E-state index contributed by atoms with van der Waals surface area (Å²) in [7, 11) is 0. The summed E-state index contributed by atoms with van der Waals surface area (Å²) in [4.78, 5) is 16.7. The highest BCUT2D eigenvalue weighted by molar-refractivity contribution is 5.91. The normalized spacial score (nSPS) is 18.7. The zero-order valence-corrected chi connectivity index (χ0v) is 21.5. The minimum atomic E-state index is -0.405. The van der Waals surface area contributed by atoms with Gasteiger partial charge in [0.1, 0.15) is 24.0 Å². The van der Waals surface area contributed by atoms with Crippen LogP contribution >= 0.6 is 0 Å². The Morgan fingerprint density at radius 1 is 1.22 bits per heavy atom. The minimum absolute atomic E-state index is 0.237. The van der Waals surface area contributed by atoms with Gasteiger partial charge in [-0.25, -0.2) is 9.37 Å². The number of benzene rings is 1. The van der Waals surface area contributed by atoms with Gasteiger partial charge in [0.15, 0.2) is 5.65 Å². The highest BCUT2D eigenvalue weighted by Crippen LogP contribution is 2.37. The number of hydrogen-bond donors (Lipinski definition) is 1. The van der Waals surface area contributed by atoms with Gasteiger partial charge in [0.25, 0.3) is 0 Å². The number of anilines is 1. The SMILES string of the molecule is C=CCOc1cccc(F)c1-c1nc2nc(OCC3CCOCC3)nc(N3CCNC[C@H]3C)c2cc1C. The van der Waals surface area contributed by atoms with E-state index in [1.807, 2.05) is 13.0 Å². The highest BCUT2D eigenvalue weighted by Gasteiger charge is 2.26. The van der Waals surface area contributed by atoms with E-state index in [1.165, 1.54) is 6.07 Å². The maximum absolute atomic E-state index is 15.1. The molecule has 2 aliphatic heterocycles. The molecule has 37 heavy (non-hydrogen) atoms. The molecule has 0 spiro atoms. The Morgan fingerprint density at radius 2 is 2.05 bits per heavy atom. The van der Waals surface area contributed by atoms with Gasteiger partial charge in [-0.3, -0.25) is 0 Å². The molecule has 2 saturated heterocycles. The summed E-state index contributed by atoms with van der Waals surface area (Å²) in [6, 6.07) is 7.30. The van der Waals surface area contributed by atoms with E-state index in [0.717, 1.165) is 62.5 Å². The standard InChI is InChI=1S/C28H34FN5O3/c1-4-12-36-23-7-5-6-22(29)24(23)25-18(2)15-21-26(31-25)32-28(37-17-20-8-13-35-14-9-20)33-27(21)34-11-10-30-16-19(34)3/h4-7,15,19-20,30H,1,8-14,16-17H2,2-3H3/t19-/m1/s1. The lowest BCUT2D eigenvalue weighted by atomic mass is 10.0. The van der Waals surface area contributed by atoms with Crippen molar-refractivity contribution in [2.45, 2.75) is 32.7 Å². The fraction of sp³-hybridized carbons (Fsp3) is 0.464. The van der Waals surface area contributed by atoms with Crippen LogP contribution in [0.4, 0.5) is 10.2 Å². The molecule has 5 rings (SSSR count). The van der Waals surface area contributed by atoms with Crippen LogP contribution in [-0.2, 0) is 4.74 Å². The number of hydrogen-bond acceptors (Lipinski definition) is 8. The quantitative estimate of drug-likeness (QED) is 0.452.